The first-order valence-electron chi connectivity index (χ1n) is 9.55. The maximum atomic E-state index is 12.5. The van der Waals surface area contributed by atoms with E-state index >= 15 is 0 Å². The van der Waals surface area contributed by atoms with Crippen LogP contribution in [0, 0.1) is 0 Å². The number of nitrogens with one attached hydrogen (secondary N) is 3. The van der Waals surface area contributed by atoms with Crippen LogP contribution in [-0.4, -0.2) is 64.0 Å². The molecule has 3 heterocycles. The highest BCUT2D eigenvalue weighted by Gasteiger charge is 2.25. The zero-order valence-electron chi connectivity index (χ0n) is 16.1. The number of rotatable bonds is 4. The molecule has 1 aliphatic rings. The summed E-state index contributed by atoms with van der Waals surface area (Å²) in [5.41, 5.74) is 1.63. The van der Waals surface area contributed by atoms with E-state index in [4.69, 9.17) is 0 Å². The van der Waals surface area contributed by atoms with Crippen LogP contribution < -0.4 is 15.5 Å². The van der Waals surface area contributed by atoms with Gasteiger partial charge in [0.05, 0.1) is 0 Å². The number of benzene rings is 1. The van der Waals surface area contributed by atoms with Gasteiger partial charge < -0.3 is 25.4 Å². The van der Waals surface area contributed by atoms with E-state index in [9.17, 15) is 9.59 Å². The van der Waals surface area contributed by atoms with Gasteiger partial charge in [0, 0.05) is 56.0 Å². The molecule has 0 spiro atoms. The van der Waals surface area contributed by atoms with E-state index in [1.807, 2.05) is 35.4 Å². The normalized spacial score (nSPS) is 15.2. The summed E-state index contributed by atoms with van der Waals surface area (Å²) in [4.78, 5) is 40.3. The van der Waals surface area contributed by atoms with Crippen LogP contribution in [0.2, 0.25) is 0 Å². The fourth-order valence-corrected chi connectivity index (χ4v) is 3.28. The van der Waals surface area contributed by atoms with Gasteiger partial charge in [-0.05, 0) is 36.6 Å². The second kappa shape index (κ2) is 8.17. The molecule has 1 aliphatic heterocycles. The van der Waals surface area contributed by atoms with Crippen molar-refractivity contribution in [3.8, 4) is 0 Å². The Morgan fingerprint density at radius 2 is 1.86 bits per heavy atom. The van der Waals surface area contributed by atoms with Crippen molar-refractivity contribution in [3.05, 3.63) is 48.9 Å². The zero-order chi connectivity index (χ0) is 20.2. The van der Waals surface area contributed by atoms with Crippen LogP contribution in [0.3, 0.4) is 0 Å². The lowest BCUT2D eigenvalue weighted by Gasteiger charge is -2.35. The Morgan fingerprint density at radius 1 is 1.10 bits per heavy atom. The number of fused-ring (bicyclic) bond motifs is 1. The number of aromatic nitrogens is 3. The fraction of sp³-hybridized carbons (Fsp3) is 0.300. The molecule has 1 fully saturated rings. The third kappa shape index (κ3) is 4.29. The molecule has 2 aromatic heterocycles. The first-order valence-corrected chi connectivity index (χ1v) is 9.55. The first kappa shape index (κ1) is 18.7. The molecule has 3 aromatic rings. The molecule has 1 unspecified atom stereocenters. The van der Waals surface area contributed by atoms with Gasteiger partial charge in [-0.2, -0.15) is 0 Å². The number of carbonyl (C=O) groups excluding carboxylic acids is 2. The van der Waals surface area contributed by atoms with E-state index < -0.39 is 6.04 Å². The van der Waals surface area contributed by atoms with E-state index in [1.165, 1.54) is 0 Å². The molecule has 1 atom stereocenters. The Balaban J connectivity index is 1.28. The maximum absolute atomic E-state index is 12.5. The Bertz CT molecular complexity index is 996. The molecule has 0 radical (unpaired) electrons. The molecule has 150 valence electrons. The van der Waals surface area contributed by atoms with Crippen molar-refractivity contribution in [1.82, 2.24) is 25.2 Å². The second-order valence-corrected chi connectivity index (χ2v) is 6.96. The summed E-state index contributed by atoms with van der Waals surface area (Å²) >= 11 is 0. The predicted octanol–water partition coefficient (Wildman–Crippen LogP) is 1.82. The molecular formula is C20H23N7O2. The van der Waals surface area contributed by atoms with Crippen LogP contribution in [0.4, 0.5) is 16.4 Å². The highest BCUT2D eigenvalue weighted by molar-refractivity contribution is 5.98. The number of hydrogen-bond donors (Lipinski definition) is 3. The van der Waals surface area contributed by atoms with Gasteiger partial charge in [0.15, 0.2) is 0 Å². The Kier molecular flexibility index (Phi) is 5.28. The SMILES string of the molecule is CC(NC(=O)N1CCN(c2ncccn2)CC1)C(=O)Nc1ccc2cc[nH]c2c1. The average molecular weight is 393 g/mol. The highest BCUT2D eigenvalue weighted by atomic mass is 16.2. The number of amides is 3. The molecule has 3 N–H and O–H groups in total. The minimum absolute atomic E-state index is 0.249. The number of H-pyrrole nitrogens is 1. The van der Waals surface area contributed by atoms with Crippen molar-refractivity contribution < 1.29 is 9.59 Å². The molecule has 9 nitrogen and oxygen atoms in total. The monoisotopic (exact) mass is 393 g/mol. The molecule has 0 bridgehead atoms. The third-order valence-electron chi connectivity index (χ3n) is 4.96. The van der Waals surface area contributed by atoms with Crippen molar-refractivity contribution in [2.75, 3.05) is 36.4 Å². The maximum Gasteiger partial charge on any atom is 0.318 e. The lowest BCUT2D eigenvalue weighted by atomic mass is 10.2. The first-order chi connectivity index (χ1) is 14.1. The highest BCUT2D eigenvalue weighted by Crippen LogP contribution is 2.17. The molecule has 3 amide bonds. The zero-order valence-corrected chi connectivity index (χ0v) is 16.1. The van der Waals surface area contributed by atoms with Gasteiger partial charge in [-0.3, -0.25) is 4.79 Å². The average Bonchev–Trinajstić information content (AvgIpc) is 3.22. The topological polar surface area (TPSA) is 106 Å². The van der Waals surface area contributed by atoms with E-state index in [1.54, 1.807) is 30.3 Å². The van der Waals surface area contributed by atoms with Gasteiger partial charge in [-0.1, -0.05) is 6.07 Å². The number of aromatic amines is 1. The van der Waals surface area contributed by atoms with Crippen LogP contribution in [-0.2, 0) is 4.79 Å². The van der Waals surface area contributed by atoms with Crippen LogP contribution in [0.25, 0.3) is 10.9 Å². The minimum atomic E-state index is -0.655. The Hall–Kier alpha value is -3.62. The van der Waals surface area contributed by atoms with E-state index in [-0.39, 0.29) is 11.9 Å². The summed E-state index contributed by atoms with van der Waals surface area (Å²) in [6, 6.07) is 8.47. The molecule has 4 rings (SSSR count). The smallest absolute Gasteiger partial charge is 0.318 e. The van der Waals surface area contributed by atoms with Gasteiger partial charge in [0.25, 0.3) is 0 Å². The van der Waals surface area contributed by atoms with Gasteiger partial charge in [0.1, 0.15) is 6.04 Å². The third-order valence-corrected chi connectivity index (χ3v) is 4.96. The molecule has 9 heteroatoms. The number of urea groups is 1. The summed E-state index contributed by atoms with van der Waals surface area (Å²) in [6.45, 7) is 4.06. The number of nitrogens with zero attached hydrogens (tertiary/aromatic N) is 4. The second-order valence-electron chi connectivity index (χ2n) is 6.96. The number of anilines is 2. The largest absolute Gasteiger partial charge is 0.361 e. The summed E-state index contributed by atoms with van der Waals surface area (Å²) in [5, 5.41) is 6.69. The number of hydrogen-bond acceptors (Lipinski definition) is 5. The van der Waals surface area contributed by atoms with Gasteiger partial charge in [-0.15, -0.1) is 0 Å². The van der Waals surface area contributed by atoms with E-state index in [0.29, 0.717) is 37.8 Å². The summed E-state index contributed by atoms with van der Waals surface area (Å²) in [7, 11) is 0. The minimum Gasteiger partial charge on any atom is -0.361 e. The quantitative estimate of drug-likeness (QED) is 0.627. The van der Waals surface area contributed by atoms with Crippen molar-refractivity contribution >= 4 is 34.5 Å². The Labute approximate surface area is 168 Å². The fourth-order valence-electron chi connectivity index (χ4n) is 3.28. The predicted molar refractivity (Wildman–Crippen MR) is 111 cm³/mol. The lowest BCUT2D eigenvalue weighted by Crippen LogP contribution is -2.55. The Morgan fingerprint density at radius 3 is 2.62 bits per heavy atom. The molecular weight excluding hydrogens is 370 g/mol. The standard InChI is InChI=1S/C20H23N7O2/c1-14(18(28)25-16-4-3-15-5-8-21-17(15)13-16)24-20(29)27-11-9-26(10-12-27)19-22-6-2-7-23-19/h2-8,13-14,21H,9-12H2,1H3,(H,24,29)(H,25,28). The van der Waals surface area contributed by atoms with E-state index in [2.05, 4.69) is 25.6 Å². The van der Waals surface area contributed by atoms with Gasteiger partial charge in [-0.25, -0.2) is 14.8 Å². The van der Waals surface area contributed by atoms with E-state index in [0.717, 1.165) is 10.9 Å². The molecule has 0 saturated carbocycles. The molecule has 1 aromatic carbocycles. The summed E-state index contributed by atoms with van der Waals surface area (Å²) in [6.07, 6.45) is 5.26. The summed E-state index contributed by atoms with van der Waals surface area (Å²) < 4.78 is 0. The van der Waals surface area contributed by atoms with Crippen LogP contribution in [0.15, 0.2) is 48.9 Å². The lowest BCUT2D eigenvalue weighted by molar-refractivity contribution is -0.117. The van der Waals surface area contributed by atoms with Crippen LogP contribution in [0.5, 0.6) is 0 Å². The van der Waals surface area contributed by atoms with Crippen molar-refractivity contribution in [2.24, 2.45) is 0 Å². The number of piperazine rings is 1. The van der Waals surface area contributed by atoms with Crippen LogP contribution in [0.1, 0.15) is 6.92 Å². The van der Waals surface area contributed by atoms with Gasteiger partial charge >= 0.3 is 6.03 Å². The molecule has 1 saturated heterocycles. The number of carbonyl (C=O) groups is 2. The molecule has 29 heavy (non-hydrogen) atoms. The van der Waals surface area contributed by atoms with Crippen molar-refractivity contribution in [3.63, 3.8) is 0 Å². The van der Waals surface area contributed by atoms with Crippen LogP contribution >= 0.6 is 0 Å². The summed E-state index contributed by atoms with van der Waals surface area (Å²) in [5.74, 6) is 0.403. The van der Waals surface area contributed by atoms with Gasteiger partial charge in [0.2, 0.25) is 11.9 Å². The van der Waals surface area contributed by atoms with Crippen molar-refractivity contribution in [1.29, 1.82) is 0 Å². The molecule has 0 aliphatic carbocycles. The van der Waals surface area contributed by atoms with Crippen molar-refractivity contribution in [2.45, 2.75) is 13.0 Å².